The summed E-state index contributed by atoms with van der Waals surface area (Å²) in [6, 6.07) is 20.4. The third-order valence-corrected chi connectivity index (χ3v) is 2.22. The zero-order chi connectivity index (χ0) is 14.8. The van der Waals surface area contributed by atoms with Crippen LogP contribution in [0.3, 0.4) is 0 Å². The molecule has 0 amide bonds. The van der Waals surface area contributed by atoms with E-state index in [0.717, 1.165) is 0 Å². The Morgan fingerprint density at radius 1 is 0.727 bits per heavy atom. The second-order valence-electron chi connectivity index (χ2n) is 3.87. The molecular weight excluding hydrogens is 326 g/mol. The van der Waals surface area contributed by atoms with Gasteiger partial charge in [-0.25, -0.2) is 0 Å². The molecule has 0 bridgehead atoms. The molecule has 0 N–H and O–H groups in total. The van der Waals surface area contributed by atoms with Gasteiger partial charge in [0.05, 0.1) is 13.2 Å². The fourth-order valence-corrected chi connectivity index (χ4v) is 1.44. The Labute approximate surface area is 175 Å². The van der Waals surface area contributed by atoms with Crippen molar-refractivity contribution in [3.63, 3.8) is 0 Å². The van der Waals surface area contributed by atoms with Crippen LogP contribution in [0.5, 0.6) is 0 Å². The molecule has 8 heteroatoms. The van der Waals surface area contributed by atoms with Crippen LogP contribution in [-0.4, -0.2) is 17.5 Å². The van der Waals surface area contributed by atoms with E-state index in [0.29, 0.717) is 13.2 Å². The van der Waals surface area contributed by atoms with Gasteiger partial charge in [-0.15, -0.1) is 0 Å². The van der Waals surface area contributed by atoms with Crippen LogP contribution < -0.4 is 59.1 Å². The molecule has 0 atom stereocenters. The first-order valence-electron chi connectivity index (χ1n) is 5.77. The average Bonchev–Trinajstić information content (AvgIpc) is 2.39. The van der Waals surface area contributed by atoms with Crippen LogP contribution in [0.15, 0.2) is 60.7 Å². The molecule has 108 valence electrons. The third kappa shape index (κ3) is 15.2. The van der Waals surface area contributed by atoms with Crippen LogP contribution in [0.4, 0.5) is 0 Å². The van der Waals surface area contributed by atoms with E-state index in [1.165, 1.54) is 11.1 Å². The van der Waals surface area contributed by atoms with Crippen molar-refractivity contribution in [1.29, 1.82) is 0 Å². The molecule has 2 rings (SSSR count). The molecule has 0 aliphatic rings. The third-order valence-electron chi connectivity index (χ3n) is 2.22. The predicted molar refractivity (Wildman–Crippen MR) is 71.9 cm³/mol. The molecule has 0 saturated heterocycles. The standard InChI is InChI=1S/C14H14O.2Na.H2O4S/c1-3-7-13(8-4-1)11-15-12-14-9-5-2-6-10-14;;;1-5(2,3)4/h1-10H,11-12H2;;;(H2,1,2,3,4)/q;2*+1;/p-2. The fraction of sp³-hybridized carbons (Fsp3) is 0.143. The molecule has 0 unspecified atom stereocenters. The molecule has 0 aliphatic carbocycles. The van der Waals surface area contributed by atoms with Crippen molar-refractivity contribution < 1.29 is 81.4 Å². The quantitative estimate of drug-likeness (QED) is 0.322. The largest absolute Gasteiger partial charge is 1.00 e. The number of hydrogen-bond acceptors (Lipinski definition) is 5. The number of ether oxygens (including phenoxy) is 1. The fourth-order valence-electron chi connectivity index (χ4n) is 1.44. The summed E-state index contributed by atoms with van der Waals surface area (Å²) in [5, 5.41) is 0. The Hall–Kier alpha value is 0.270. The minimum Gasteiger partial charge on any atom is -0.759 e. The molecular formula is C14H14Na2O5S. The molecule has 0 spiro atoms. The van der Waals surface area contributed by atoms with Crippen LogP contribution >= 0.6 is 0 Å². The number of rotatable bonds is 4. The Morgan fingerprint density at radius 3 is 1.27 bits per heavy atom. The van der Waals surface area contributed by atoms with E-state index in [-0.39, 0.29) is 59.1 Å². The van der Waals surface area contributed by atoms with Crippen LogP contribution in [0.1, 0.15) is 11.1 Å². The molecule has 0 fully saturated rings. The van der Waals surface area contributed by atoms with Gasteiger partial charge in [-0.1, -0.05) is 60.7 Å². The van der Waals surface area contributed by atoms with Crippen molar-refractivity contribution >= 4 is 10.4 Å². The summed E-state index contributed by atoms with van der Waals surface area (Å²) in [4.78, 5) is 0. The zero-order valence-corrected chi connectivity index (χ0v) is 17.5. The van der Waals surface area contributed by atoms with Gasteiger partial charge in [0.2, 0.25) is 0 Å². The van der Waals surface area contributed by atoms with Crippen LogP contribution in [0.25, 0.3) is 0 Å². The van der Waals surface area contributed by atoms with Gasteiger partial charge in [0, 0.05) is 10.4 Å². The van der Waals surface area contributed by atoms with Crippen molar-refractivity contribution in [3.8, 4) is 0 Å². The Kier molecular flexibility index (Phi) is 15.3. The van der Waals surface area contributed by atoms with Crippen molar-refractivity contribution in [3.05, 3.63) is 71.8 Å². The van der Waals surface area contributed by atoms with Crippen molar-refractivity contribution in [2.24, 2.45) is 0 Å². The summed E-state index contributed by atoms with van der Waals surface area (Å²) < 4.78 is 39.7. The van der Waals surface area contributed by atoms with Crippen LogP contribution in [0, 0.1) is 0 Å². The number of benzene rings is 2. The Morgan fingerprint density at radius 2 is 1.00 bits per heavy atom. The second kappa shape index (κ2) is 13.7. The predicted octanol–water partition coefficient (Wildman–Crippen LogP) is -3.93. The maximum absolute atomic E-state index is 8.52. The number of hydrogen-bond donors (Lipinski definition) is 0. The van der Waals surface area contributed by atoms with Gasteiger partial charge in [0.1, 0.15) is 0 Å². The average molecular weight is 340 g/mol. The van der Waals surface area contributed by atoms with Gasteiger partial charge >= 0.3 is 59.1 Å². The molecule has 2 aromatic rings. The van der Waals surface area contributed by atoms with Gasteiger partial charge in [-0.2, -0.15) is 0 Å². The summed E-state index contributed by atoms with van der Waals surface area (Å²) in [6.07, 6.45) is 0. The molecule has 2 aromatic carbocycles. The zero-order valence-electron chi connectivity index (χ0n) is 12.6. The topological polar surface area (TPSA) is 89.5 Å². The monoisotopic (exact) mass is 340 g/mol. The van der Waals surface area contributed by atoms with Crippen molar-refractivity contribution in [2.75, 3.05) is 0 Å². The summed E-state index contributed by atoms with van der Waals surface area (Å²) in [7, 11) is -5.17. The van der Waals surface area contributed by atoms with Gasteiger partial charge in [-0.05, 0) is 11.1 Å². The molecule has 0 aliphatic heterocycles. The minimum absolute atomic E-state index is 0. The normalized spacial score (nSPS) is 9.55. The molecule has 0 aromatic heterocycles. The first-order valence-corrected chi connectivity index (χ1v) is 7.11. The van der Waals surface area contributed by atoms with Crippen LogP contribution in [-0.2, 0) is 28.3 Å². The van der Waals surface area contributed by atoms with Gasteiger partial charge < -0.3 is 13.8 Å². The van der Waals surface area contributed by atoms with Gasteiger partial charge in [-0.3, -0.25) is 8.42 Å². The van der Waals surface area contributed by atoms with Gasteiger partial charge in [0.25, 0.3) is 0 Å². The van der Waals surface area contributed by atoms with E-state index in [1.54, 1.807) is 0 Å². The Balaban J connectivity index is 0. The smallest absolute Gasteiger partial charge is 0.759 e. The van der Waals surface area contributed by atoms with Crippen LogP contribution in [0.2, 0.25) is 0 Å². The molecule has 22 heavy (non-hydrogen) atoms. The molecule has 0 radical (unpaired) electrons. The van der Waals surface area contributed by atoms with Gasteiger partial charge in [0.15, 0.2) is 0 Å². The Bertz CT molecular complexity index is 544. The summed E-state index contributed by atoms with van der Waals surface area (Å²) in [5.41, 5.74) is 2.43. The maximum Gasteiger partial charge on any atom is 1.00 e. The molecule has 0 heterocycles. The van der Waals surface area contributed by atoms with E-state index >= 15 is 0 Å². The first kappa shape index (κ1) is 24.5. The van der Waals surface area contributed by atoms with Crippen molar-refractivity contribution in [1.82, 2.24) is 0 Å². The second-order valence-corrected chi connectivity index (χ2v) is 4.69. The van der Waals surface area contributed by atoms with E-state index in [9.17, 15) is 0 Å². The van der Waals surface area contributed by atoms with E-state index in [1.807, 2.05) is 36.4 Å². The van der Waals surface area contributed by atoms with E-state index in [4.69, 9.17) is 22.3 Å². The first-order chi connectivity index (χ1) is 9.45. The summed E-state index contributed by atoms with van der Waals surface area (Å²) in [5.74, 6) is 0. The summed E-state index contributed by atoms with van der Waals surface area (Å²) >= 11 is 0. The van der Waals surface area contributed by atoms with E-state index < -0.39 is 10.4 Å². The minimum atomic E-state index is -5.17. The maximum atomic E-state index is 8.52. The summed E-state index contributed by atoms with van der Waals surface area (Å²) in [6.45, 7) is 1.35. The van der Waals surface area contributed by atoms with Crippen molar-refractivity contribution in [2.45, 2.75) is 13.2 Å². The van der Waals surface area contributed by atoms with E-state index in [2.05, 4.69) is 24.3 Å². The SMILES string of the molecule is O=S(=O)([O-])[O-].[Na+].[Na+].c1ccc(COCc2ccccc2)cc1. The molecule has 5 nitrogen and oxygen atoms in total. The molecule has 0 saturated carbocycles.